The van der Waals surface area contributed by atoms with E-state index in [4.69, 9.17) is 9.47 Å². The number of aliphatic imine (C=N–C) groups is 1. The van der Waals surface area contributed by atoms with E-state index in [1.165, 1.54) is 36.2 Å². The van der Waals surface area contributed by atoms with Crippen molar-refractivity contribution in [1.82, 2.24) is 15.0 Å². The van der Waals surface area contributed by atoms with Crippen molar-refractivity contribution in [2.24, 2.45) is 4.99 Å². The Morgan fingerprint density at radius 2 is 1.74 bits per heavy atom. The second-order valence-electron chi connectivity index (χ2n) is 6.91. The standard InChI is InChI=1S/C23H21N5O7/c1-15-20(26-27(25-15)17-9-11-18(12-10-17)28(31)32)14-35-22(16-7-5-4-6-8-16)24-19(23(30)34-3)13-21(29)33-2/h4-13H,14H2,1-3H3/b19-13+,24-22?. The summed E-state index contributed by atoms with van der Waals surface area (Å²) in [5, 5.41) is 19.6. The molecule has 0 radical (unpaired) electrons. The first kappa shape index (κ1) is 24.8. The topological polar surface area (TPSA) is 148 Å². The molecular weight excluding hydrogens is 458 g/mol. The van der Waals surface area contributed by atoms with Gasteiger partial charge in [0.15, 0.2) is 5.70 Å². The Morgan fingerprint density at radius 1 is 1.06 bits per heavy atom. The van der Waals surface area contributed by atoms with Crippen molar-refractivity contribution in [2.45, 2.75) is 13.5 Å². The molecule has 3 aromatic rings. The number of carbonyl (C=O) groups is 2. The number of nitrogens with zero attached hydrogens (tertiary/aromatic N) is 5. The lowest BCUT2D eigenvalue weighted by Crippen LogP contribution is -2.13. The number of non-ortho nitro benzene ring substituents is 1. The predicted octanol–water partition coefficient (Wildman–Crippen LogP) is 2.68. The normalized spacial score (nSPS) is 11.6. The molecule has 0 aliphatic heterocycles. The number of ether oxygens (including phenoxy) is 3. The molecule has 0 N–H and O–H groups in total. The van der Waals surface area contributed by atoms with Gasteiger partial charge in [0.1, 0.15) is 12.3 Å². The molecule has 1 heterocycles. The predicted molar refractivity (Wildman–Crippen MR) is 123 cm³/mol. The van der Waals surface area contributed by atoms with Gasteiger partial charge in [-0.3, -0.25) is 10.1 Å². The lowest BCUT2D eigenvalue weighted by molar-refractivity contribution is -0.384. The van der Waals surface area contributed by atoms with Crippen LogP contribution in [0, 0.1) is 17.0 Å². The van der Waals surface area contributed by atoms with Gasteiger partial charge in [0.05, 0.1) is 36.6 Å². The number of hydrogen-bond acceptors (Lipinski definition) is 10. The Kier molecular flexibility index (Phi) is 8.01. The Bertz CT molecular complexity index is 1280. The van der Waals surface area contributed by atoms with E-state index in [-0.39, 0.29) is 23.9 Å². The summed E-state index contributed by atoms with van der Waals surface area (Å²) < 4.78 is 15.2. The number of carbonyl (C=O) groups excluding carboxylic acids is 2. The van der Waals surface area contributed by atoms with Crippen LogP contribution in [0.3, 0.4) is 0 Å². The highest BCUT2D eigenvalue weighted by Gasteiger charge is 2.17. The van der Waals surface area contributed by atoms with Gasteiger partial charge in [0, 0.05) is 17.7 Å². The lowest BCUT2D eigenvalue weighted by atomic mass is 10.2. The maximum absolute atomic E-state index is 12.2. The zero-order chi connectivity index (χ0) is 25.4. The van der Waals surface area contributed by atoms with Crippen LogP contribution < -0.4 is 0 Å². The van der Waals surface area contributed by atoms with E-state index in [9.17, 15) is 19.7 Å². The van der Waals surface area contributed by atoms with E-state index in [1.54, 1.807) is 37.3 Å². The summed E-state index contributed by atoms with van der Waals surface area (Å²) in [6, 6.07) is 14.5. The Morgan fingerprint density at radius 3 is 2.34 bits per heavy atom. The minimum absolute atomic E-state index is 0.0374. The zero-order valence-corrected chi connectivity index (χ0v) is 19.1. The molecule has 1 aromatic heterocycles. The fourth-order valence-electron chi connectivity index (χ4n) is 2.78. The SMILES string of the molecule is COC(=O)/C=C(/N=C(OCc1nn(-c2ccc([N+](=O)[O-])cc2)nc1C)c1ccccc1)C(=O)OC. The number of methoxy groups -OCH3 is 2. The summed E-state index contributed by atoms with van der Waals surface area (Å²) in [5.41, 5.74) is 1.71. The number of benzene rings is 2. The van der Waals surface area contributed by atoms with Gasteiger partial charge in [-0.2, -0.15) is 9.90 Å². The van der Waals surface area contributed by atoms with E-state index in [1.807, 2.05) is 0 Å². The molecule has 0 spiro atoms. The molecule has 0 amide bonds. The molecule has 12 heteroatoms. The minimum Gasteiger partial charge on any atom is -0.471 e. The van der Waals surface area contributed by atoms with Crippen molar-refractivity contribution in [2.75, 3.05) is 14.2 Å². The maximum Gasteiger partial charge on any atom is 0.357 e. The summed E-state index contributed by atoms with van der Waals surface area (Å²) in [7, 11) is 2.33. The number of aromatic nitrogens is 3. The van der Waals surface area contributed by atoms with Gasteiger partial charge in [-0.25, -0.2) is 14.6 Å². The molecule has 0 aliphatic carbocycles. The third-order valence-corrected chi connectivity index (χ3v) is 4.61. The number of rotatable bonds is 8. The number of hydrogen-bond donors (Lipinski definition) is 0. The third-order valence-electron chi connectivity index (χ3n) is 4.61. The van der Waals surface area contributed by atoms with Crippen LogP contribution >= 0.6 is 0 Å². The summed E-state index contributed by atoms with van der Waals surface area (Å²) in [4.78, 5) is 39.8. The third kappa shape index (κ3) is 6.35. The molecule has 0 atom stereocenters. The van der Waals surface area contributed by atoms with Crippen molar-refractivity contribution in [3.8, 4) is 5.69 Å². The molecule has 0 aliphatic rings. The molecule has 2 aromatic carbocycles. The van der Waals surface area contributed by atoms with Crippen LogP contribution in [0.15, 0.2) is 71.4 Å². The van der Waals surface area contributed by atoms with Crippen LogP contribution in [-0.2, 0) is 30.4 Å². The second kappa shape index (κ2) is 11.3. The highest BCUT2D eigenvalue weighted by molar-refractivity contribution is 6.01. The van der Waals surface area contributed by atoms with Crippen molar-refractivity contribution in [3.63, 3.8) is 0 Å². The molecule has 0 saturated carbocycles. The van der Waals surface area contributed by atoms with E-state index < -0.39 is 16.9 Å². The Hall–Kier alpha value is -4.87. The van der Waals surface area contributed by atoms with E-state index in [0.29, 0.717) is 22.6 Å². The summed E-state index contributed by atoms with van der Waals surface area (Å²) in [5.74, 6) is -1.60. The highest BCUT2D eigenvalue weighted by atomic mass is 16.6. The molecule has 0 bridgehead atoms. The number of nitro groups is 1. The van der Waals surface area contributed by atoms with Gasteiger partial charge in [-0.1, -0.05) is 18.2 Å². The quantitative estimate of drug-likeness (QED) is 0.119. The largest absolute Gasteiger partial charge is 0.471 e. The summed E-state index contributed by atoms with van der Waals surface area (Å²) >= 11 is 0. The number of nitro benzene ring substituents is 1. The average molecular weight is 479 g/mol. The first-order valence-electron chi connectivity index (χ1n) is 10.1. The monoisotopic (exact) mass is 479 g/mol. The van der Waals surface area contributed by atoms with Crippen LogP contribution in [0.4, 0.5) is 5.69 Å². The van der Waals surface area contributed by atoms with Gasteiger partial charge in [0.2, 0.25) is 5.90 Å². The van der Waals surface area contributed by atoms with Gasteiger partial charge >= 0.3 is 11.9 Å². The van der Waals surface area contributed by atoms with Crippen LogP contribution in [0.25, 0.3) is 5.69 Å². The Labute approximate surface area is 199 Å². The van der Waals surface area contributed by atoms with Crippen LogP contribution in [0.5, 0.6) is 0 Å². The number of aryl methyl sites for hydroxylation is 1. The first-order valence-corrected chi connectivity index (χ1v) is 10.1. The molecule has 0 fully saturated rings. The molecule has 12 nitrogen and oxygen atoms in total. The van der Waals surface area contributed by atoms with E-state index in [0.717, 1.165) is 13.2 Å². The molecule has 0 unspecified atom stereocenters. The second-order valence-corrected chi connectivity index (χ2v) is 6.91. The summed E-state index contributed by atoms with van der Waals surface area (Å²) in [6.07, 6.45) is 0.897. The van der Waals surface area contributed by atoms with Gasteiger partial charge in [-0.15, -0.1) is 5.10 Å². The van der Waals surface area contributed by atoms with Gasteiger partial charge < -0.3 is 14.2 Å². The molecule has 35 heavy (non-hydrogen) atoms. The molecule has 3 rings (SSSR count). The fraction of sp³-hybridized carbons (Fsp3) is 0.174. The van der Waals surface area contributed by atoms with Crippen LogP contribution in [0.1, 0.15) is 17.0 Å². The maximum atomic E-state index is 12.2. The van der Waals surface area contributed by atoms with Gasteiger partial charge in [0.25, 0.3) is 5.69 Å². The number of esters is 2. The van der Waals surface area contributed by atoms with Crippen molar-refractivity contribution in [3.05, 3.63) is 93.4 Å². The fourth-order valence-corrected chi connectivity index (χ4v) is 2.78. The van der Waals surface area contributed by atoms with Crippen LogP contribution in [-0.4, -0.2) is 52.0 Å². The smallest absolute Gasteiger partial charge is 0.357 e. The molecule has 0 saturated heterocycles. The van der Waals surface area contributed by atoms with E-state index in [2.05, 4.69) is 19.9 Å². The highest BCUT2D eigenvalue weighted by Crippen LogP contribution is 2.16. The van der Waals surface area contributed by atoms with Crippen molar-refractivity contribution >= 4 is 23.5 Å². The van der Waals surface area contributed by atoms with Gasteiger partial charge in [-0.05, 0) is 31.2 Å². The minimum atomic E-state index is -0.854. The van der Waals surface area contributed by atoms with Crippen molar-refractivity contribution < 1.29 is 28.7 Å². The average Bonchev–Trinajstić information content (AvgIpc) is 3.25. The van der Waals surface area contributed by atoms with Crippen LogP contribution in [0.2, 0.25) is 0 Å². The zero-order valence-electron chi connectivity index (χ0n) is 19.1. The molecular formula is C23H21N5O7. The Balaban J connectivity index is 1.90. The van der Waals surface area contributed by atoms with Crippen molar-refractivity contribution in [1.29, 1.82) is 0 Å². The first-order chi connectivity index (χ1) is 16.8. The van der Waals surface area contributed by atoms with E-state index >= 15 is 0 Å². The molecule has 180 valence electrons. The summed E-state index contributed by atoms with van der Waals surface area (Å²) in [6.45, 7) is 1.66. The lowest BCUT2D eigenvalue weighted by Gasteiger charge is -2.10.